The zero-order valence-corrected chi connectivity index (χ0v) is 16.7. The van der Waals surface area contributed by atoms with Gasteiger partial charge in [-0.15, -0.1) is 0 Å². The Balaban J connectivity index is 1.84. The largest absolute Gasteiger partial charge is 0.478 e. The monoisotopic (exact) mass is 412 g/mol. The number of halogens is 2. The van der Waals surface area contributed by atoms with Crippen LogP contribution in [0.2, 0.25) is 10.2 Å². The molecule has 0 spiro atoms. The fourth-order valence-electron chi connectivity index (χ4n) is 2.78. The van der Waals surface area contributed by atoms with Crippen molar-refractivity contribution in [3.63, 3.8) is 0 Å². The summed E-state index contributed by atoms with van der Waals surface area (Å²) in [5, 5.41) is 9.75. The summed E-state index contributed by atoms with van der Waals surface area (Å²) in [6, 6.07) is 15.9. The van der Waals surface area contributed by atoms with E-state index in [4.69, 9.17) is 28.3 Å². The highest BCUT2D eigenvalue weighted by Crippen LogP contribution is 2.25. The molecule has 2 aromatic carbocycles. The van der Waals surface area contributed by atoms with Crippen LogP contribution in [-0.2, 0) is 11.3 Å². The molecule has 0 amide bonds. The van der Waals surface area contributed by atoms with Crippen LogP contribution in [0.3, 0.4) is 0 Å². The highest BCUT2D eigenvalue weighted by molar-refractivity contribution is 6.31. The van der Waals surface area contributed by atoms with E-state index in [1.165, 1.54) is 6.08 Å². The number of rotatable bonds is 6. The first-order valence-electron chi connectivity index (χ1n) is 8.59. The van der Waals surface area contributed by atoms with Gasteiger partial charge in [0.15, 0.2) is 5.15 Å². The van der Waals surface area contributed by atoms with E-state index in [-0.39, 0.29) is 5.15 Å². The number of aliphatic carboxylic acids is 1. The molecule has 0 bridgehead atoms. The molecule has 1 aromatic heterocycles. The molecule has 0 aliphatic carbocycles. The van der Waals surface area contributed by atoms with Crippen LogP contribution >= 0.6 is 23.2 Å². The summed E-state index contributed by atoms with van der Waals surface area (Å²) in [7, 11) is 0. The van der Waals surface area contributed by atoms with Gasteiger partial charge in [-0.25, -0.2) is 9.78 Å². The van der Waals surface area contributed by atoms with Crippen LogP contribution in [-0.4, -0.2) is 20.6 Å². The van der Waals surface area contributed by atoms with Crippen LogP contribution in [0.1, 0.15) is 28.2 Å². The van der Waals surface area contributed by atoms with E-state index >= 15 is 0 Å². The Labute approximate surface area is 173 Å². The fraction of sp³-hybridized carbons (Fsp3) is 0.0909. The zero-order valence-electron chi connectivity index (χ0n) is 15.1. The second kappa shape index (κ2) is 8.91. The van der Waals surface area contributed by atoms with Gasteiger partial charge in [-0.3, -0.25) is 0 Å². The molecule has 142 valence electrons. The minimum absolute atomic E-state index is 0.258. The van der Waals surface area contributed by atoms with Gasteiger partial charge in [-0.1, -0.05) is 77.8 Å². The first-order valence-corrected chi connectivity index (χ1v) is 9.35. The Hall–Kier alpha value is -2.82. The number of nitrogens with zero attached hydrogens (tertiary/aromatic N) is 2. The summed E-state index contributed by atoms with van der Waals surface area (Å²) in [5.41, 5.74) is 3.52. The van der Waals surface area contributed by atoms with Crippen LogP contribution in [0, 0.1) is 6.92 Å². The fourth-order valence-corrected chi connectivity index (χ4v) is 3.31. The standard InChI is InChI=1S/C22H18Cl2N2O2/c1-15-25-22(24)20(11-12-21(27)28)26(15)14-18-10-9-17(13-19(18)23)8-7-16-5-3-2-4-6-16/h2-13H,14H2,1H3,(H,27,28)/b8-7?,12-11+. The number of carboxylic acids is 1. The summed E-state index contributed by atoms with van der Waals surface area (Å²) in [6.07, 6.45) is 6.51. The van der Waals surface area contributed by atoms with Crippen LogP contribution in [0.4, 0.5) is 0 Å². The highest BCUT2D eigenvalue weighted by atomic mass is 35.5. The minimum Gasteiger partial charge on any atom is -0.478 e. The Morgan fingerprint density at radius 1 is 1.07 bits per heavy atom. The molecule has 28 heavy (non-hydrogen) atoms. The van der Waals surface area contributed by atoms with Gasteiger partial charge < -0.3 is 9.67 Å². The van der Waals surface area contributed by atoms with Crippen molar-refractivity contribution < 1.29 is 9.90 Å². The van der Waals surface area contributed by atoms with Gasteiger partial charge in [0, 0.05) is 11.1 Å². The number of aryl methyl sites for hydroxylation is 1. The Morgan fingerprint density at radius 2 is 1.79 bits per heavy atom. The molecule has 0 unspecified atom stereocenters. The van der Waals surface area contributed by atoms with Gasteiger partial charge in [0.2, 0.25) is 0 Å². The van der Waals surface area contributed by atoms with E-state index in [9.17, 15) is 4.79 Å². The molecular formula is C22H18Cl2N2O2. The van der Waals surface area contributed by atoms with E-state index in [2.05, 4.69) is 4.98 Å². The van der Waals surface area contributed by atoms with Crippen LogP contribution in [0.5, 0.6) is 0 Å². The van der Waals surface area contributed by atoms with Crippen LogP contribution < -0.4 is 0 Å². The average Bonchev–Trinajstić information content (AvgIpc) is 2.93. The van der Waals surface area contributed by atoms with Gasteiger partial charge in [0.05, 0.1) is 12.2 Å². The molecule has 0 aliphatic heterocycles. The molecule has 0 saturated heterocycles. The molecule has 0 radical (unpaired) electrons. The summed E-state index contributed by atoms with van der Waals surface area (Å²) < 4.78 is 1.84. The van der Waals surface area contributed by atoms with Crippen molar-refractivity contribution in [1.82, 2.24) is 9.55 Å². The second-order valence-corrected chi connectivity index (χ2v) is 6.95. The Morgan fingerprint density at radius 3 is 2.46 bits per heavy atom. The zero-order chi connectivity index (χ0) is 20.1. The number of hydrogen-bond donors (Lipinski definition) is 1. The van der Waals surface area contributed by atoms with Crippen molar-refractivity contribution in [2.75, 3.05) is 0 Å². The van der Waals surface area contributed by atoms with E-state index in [0.29, 0.717) is 23.1 Å². The second-order valence-electron chi connectivity index (χ2n) is 6.19. The van der Waals surface area contributed by atoms with E-state index < -0.39 is 5.97 Å². The maximum absolute atomic E-state index is 10.8. The molecule has 0 fully saturated rings. The summed E-state index contributed by atoms with van der Waals surface area (Å²) in [6.45, 7) is 2.25. The lowest BCUT2D eigenvalue weighted by Gasteiger charge is -2.10. The van der Waals surface area contributed by atoms with Crippen molar-refractivity contribution in [2.45, 2.75) is 13.5 Å². The van der Waals surface area contributed by atoms with E-state index in [0.717, 1.165) is 22.8 Å². The molecule has 0 atom stereocenters. The van der Waals surface area contributed by atoms with Gasteiger partial charge in [-0.05, 0) is 35.8 Å². The predicted octanol–water partition coefficient (Wildman–Crippen LogP) is 5.81. The number of benzene rings is 2. The highest BCUT2D eigenvalue weighted by Gasteiger charge is 2.13. The molecule has 0 aliphatic rings. The average molecular weight is 413 g/mol. The third-order valence-electron chi connectivity index (χ3n) is 4.21. The number of imidazole rings is 1. The lowest BCUT2D eigenvalue weighted by molar-refractivity contribution is -0.131. The minimum atomic E-state index is -1.05. The first-order chi connectivity index (χ1) is 13.4. The summed E-state index contributed by atoms with van der Waals surface area (Å²) in [4.78, 5) is 15.1. The normalized spacial score (nSPS) is 11.5. The van der Waals surface area contributed by atoms with E-state index in [1.54, 1.807) is 0 Å². The van der Waals surface area contributed by atoms with Gasteiger partial charge in [-0.2, -0.15) is 0 Å². The lowest BCUT2D eigenvalue weighted by Crippen LogP contribution is -2.05. The van der Waals surface area contributed by atoms with Crippen LogP contribution in [0.25, 0.3) is 18.2 Å². The molecule has 3 rings (SSSR count). The first kappa shape index (κ1) is 19.9. The van der Waals surface area contributed by atoms with Crippen molar-refractivity contribution in [3.8, 4) is 0 Å². The molecule has 0 saturated carbocycles. The molecule has 3 aromatic rings. The molecular weight excluding hydrogens is 395 g/mol. The van der Waals surface area contributed by atoms with Crippen LogP contribution in [0.15, 0.2) is 54.6 Å². The quantitative estimate of drug-likeness (QED) is 0.410. The number of aromatic nitrogens is 2. The number of hydrogen-bond acceptors (Lipinski definition) is 2. The van der Waals surface area contributed by atoms with Crippen molar-refractivity contribution in [3.05, 3.63) is 93.0 Å². The molecule has 1 N–H and O–H groups in total. The van der Waals surface area contributed by atoms with Gasteiger partial charge in [0.25, 0.3) is 0 Å². The summed E-state index contributed by atoms with van der Waals surface area (Å²) in [5.74, 6) is -0.367. The number of carbonyl (C=O) groups is 1. The van der Waals surface area contributed by atoms with Crippen molar-refractivity contribution >= 4 is 47.4 Å². The third kappa shape index (κ3) is 4.91. The Bertz CT molecular complexity index is 1050. The molecule has 4 nitrogen and oxygen atoms in total. The maximum Gasteiger partial charge on any atom is 0.328 e. The SMILES string of the molecule is Cc1nc(Cl)c(/C=C/C(=O)O)n1Cc1ccc(C=Cc2ccccc2)cc1Cl. The number of carboxylic acid groups (broad SMARTS) is 1. The van der Waals surface area contributed by atoms with Gasteiger partial charge in [0.1, 0.15) is 5.82 Å². The smallest absolute Gasteiger partial charge is 0.328 e. The Kier molecular flexibility index (Phi) is 6.34. The summed E-state index contributed by atoms with van der Waals surface area (Å²) >= 11 is 12.6. The topological polar surface area (TPSA) is 55.1 Å². The van der Waals surface area contributed by atoms with E-state index in [1.807, 2.05) is 72.2 Å². The maximum atomic E-state index is 10.8. The lowest BCUT2D eigenvalue weighted by atomic mass is 10.1. The molecule has 6 heteroatoms. The molecule has 1 heterocycles. The third-order valence-corrected chi connectivity index (χ3v) is 4.84. The van der Waals surface area contributed by atoms with Gasteiger partial charge >= 0.3 is 5.97 Å². The predicted molar refractivity (Wildman–Crippen MR) is 115 cm³/mol. The van der Waals surface area contributed by atoms with Crippen molar-refractivity contribution in [2.24, 2.45) is 0 Å². The van der Waals surface area contributed by atoms with Crippen molar-refractivity contribution in [1.29, 1.82) is 0 Å².